The van der Waals surface area contributed by atoms with Crippen molar-refractivity contribution in [3.8, 4) is 0 Å². The van der Waals surface area contributed by atoms with Crippen LogP contribution < -0.4 is 5.73 Å². The fourth-order valence-electron chi connectivity index (χ4n) is 1.94. The zero-order valence-corrected chi connectivity index (χ0v) is 10.6. The Bertz CT molecular complexity index is 208. The summed E-state index contributed by atoms with van der Waals surface area (Å²) in [4.78, 5) is 2.57. The maximum absolute atomic E-state index is 7.15. The summed E-state index contributed by atoms with van der Waals surface area (Å²) in [5, 5.41) is 7.91. The SMILES string of the molecule is CC1SCCN(CCCCC(=N)N)C1C. The second kappa shape index (κ2) is 6.38. The van der Waals surface area contributed by atoms with Gasteiger partial charge < -0.3 is 5.73 Å². The Hall–Kier alpha value is -0.220. The number of thioether (sulfide) groups is 1. The van der Waals surface area contributed by atoms with E-state index in [1.54, 1.807) is 0 Å². The Morgan fingerprint density at radius 2 is 2.20 bits per heavy atom. The number of hydrogen-bond acceptors (Lipinski definition) is 3. The number of rotatable bonds is 5. The average Bonchev–Trinajstić information content (AvgIpc) is 2.18. The minimum atomic E-state index is 0.325. The predicted octanol–water partition coefficient (Wildman–Crippen LogP) is 1.92. The van der Waals surface area contributed by atoms with E-state index in [4.69, 9.17) is 11.1 Å². The van der Waals surface area contributed by atoms with E-state index in [0.29, 0.717) is 11.9 Å². The van der Waals surface area contributed by atoms with Crippen molar-refractivity contribution in [2.45, 2.75) is 44.4 Å². The van der Waals surface area contributed by atoms with Crippen molar-refractivity contribution >= 4 is 17.6 Å². The summed E-state index contributed by atoms with van der Waals surface area (Å²) in [5.74, 6) is 1.59. The highest BCUT2D eigenvalue weighted by Gasteiger charge is 2.24. The van der Waals surface area contributed by atoms with Crippen LogP contribution in [-0.2, 0) is 0 Å². The number of nitrogens with two attached hydrogens (primary N) is 1. The minimum Gasteiger partial charge on any atom is -0.388 e. The van der Waals surface area contributed by atoms with Gasteiger partial charge >= 0.3 is 0 Å². The van der Waals surface area contributed by atoms with E-state index in [2.05, 4.69) is 30.5 Å². The molecule has 0 radical (unpaired) electrons. The second-order valence-corrected chi connectivity index (χ2v) is 5.82. The third-order valence-electron chi connectivity index (χ3n) is 3.16. The lowest BCUT2D eigenvalue weighted by molar-refractivity contribution is 0.209. The third-order valence-corrected chi connectivity index (χ3v) is 4.49. The van der Waals surface area contributed by atoms with Crippen LogP contribution in [-0.4, -0.2) is 40.9 Å². The van der Waals surface area contributed by atoms with Crippen LogP contribution in [0.2, 0.25) is 0 Å². The molecule has 3 N–H and O–H groups in total. The Morgan fingerprint density at radius 3 is 2.87 bits per heavy atom. The topological polar surface area (TPSA) is 53.1 Å². The lowest BCUT2D eigenvalue weighted by Gasteiger charge is -2.37. The van der Waals surface area contributed by atoms with Gasteiger partial charge in [0.05, 0.1) is 5.84 Å². The first-order valence-corrected chi connectivity index (χ1v) is 6.84. The number of nitrogens with one attached hydrogen (secondary N) is 1. The van der Waals surface area contributed by atoms with E-state index in [1.165, 1.54) is 25.3 Å². The van der Waals surface area contributed by atoms with Gasteiger partial charge in [0.25, 0.3) is 0 Å². The molecule has 0 spiro atoms. The molecule has 0 saturated carbocycles. The standard InChI is InChI=1S/C11H23N3S/c1-9-10(2)15-8-7-14(9)6-4-3-5-11(12)13/h9-10H,3-8H2,1-2H3,(H3,12,13). The fraction of sp³-hybridized carbons (Fsp3) is 0.909. The summed E-state index contributed by atoms with van der Waals surface area (Å²) < 4.78 is 0. The number of unbranched alkanes of at least 4 members (excludes halogenated alkanes) is 1. The molecule has 1 fully saturated rings. The molecule has 3 nitrogen and oxygen atoms in total. The van der Waals surface area contributed by atoms with E-state index in [1.807, 2.05) is 0 Å². The molecule has 2 unspecified atom stereocenters. The zero-order chi connectivity index (χ0) is 11.3. The van der Waals surface area contributed by atoms with Crippen molar-refractivity contribution in [3.63, 3.8) is 0 Å². The van der Waals surface area contributed by atoms with Gasteiger partial charge in [-0.2, -0.15) is 11.8 Å². The van der Waals surface area contributed by atoms with E-state index in [-0.39, 0.29) is 0 Å². The summed E-state index contributed by atoms with van der Waals surface area (Å²) >= 11 is 2.08. The highest BCUT2D eigenvalue weighted by Crippen LogP contribution is 2.24. The summed E-state index contributed by atoms with van der Waals surface area (Å²) in [6, 6.07) is 0.695. The molecule has 88 valence electrons. The normalized spacial score (nSPS) is 27.9. The van der Waals surface area contributed by atoms with E-state index in [9.17, 15) is 0 Å². The van der Waals surface area contributed by atoms with Crippen LogP contribution in [0.4, 0.5) is 0 Å². The number of amidine groups is 1. The van der Waals surface area contributed by atoms with Crippen molar-refractivity contribution in [1.82, 2.24) is 4.90 Å². The Balaban J connectivity index is 2.17. The maximum atomic E-state index is 7.15. The molecule has 0 aromatic heterocycles. The molecule has 0 aliphatic carbocycles. The van der Waals surface area contributed by atoms with Crippen molar-refractivity contribution in [3.05, 3.63) is 0 Å². The van der Waals surface area contributed by atoms with E-state index >= 15 is 0 Å². The van der Waals surface area contributed by atoms with Gasteiger partial charge in [-0.25, -0.2) is 0 Å². The van der Waals surface area contributed by atoms with Gasteiger partial charge in [0.15, 0.2) is 0 Å². The number of hydrogen-bond donors (Lipinski definition) is 2. The van der Waals surface area contributed by atoms with Crippen molar-refractivity contribution in [1.29, 1.82) is 5.41 Å². The van der Waals surface area contributed by atoms with Gasteiger partial charge in [0.2, 0.25) is 0 Å². The molecule has 4 heteroatoms. The van der Waals surface area contributed by atoms with Crippen molar-refractivity contribution in [2.75, 3.05) is 18.8 Å². The van der Waals surface area contributed by atoms with Gasteiger partial charge in [0, 0.05) is 30.0 Å². The smallest absolute Gasteiger partial charge is 0.0905 e. The van der Waals surface area contributed by atoms with Crippen LogP contribution in [0.15, 0.2) is 0 Å². The molecule has 0 bridgehead atoms. The molecule has 0 amide bonds. The Kier molecular flexibility index (Phi) is 5.47. The average molecular weight is 229 g/mol. The first-order valence-electron chi connectivity index (χ1n) is 5.80. The molecule has 0 aromatic rings. The molecule has 1 aliphatic rings. The highest BCUT2D eigenvalue weighted by atomic mass is 32.2. The minimum absolute atomic E-state index is 0.325. The van der Waals surface area contributed by atoms with E-state index in [0.717, 1.165) is 18.1 Å². The lowest BCUT2D eigenvalue weighted by atomic mass is 10.1. The largest absolute Gasteiger partial charge is 0.388 e. The first-order chi connectivity index (χ1) is 7.11. The monoisotopic (exact) mass is 229 g/mol. The first kappa shape index (κ1) is 12.8. The van der Waals surface area contributed by atoms with Gasteiger partial charge in [-0.05, 0) is 26.3 Å². The molecular weight excluding hydrogens is 206 g/mol. The number of nitrogens with zero attached hydrogens (tertiary/aromatic N) is 1. The molecule has 15 heavy (non-hydrogen) atoms. The summed E-state index contributed by atoms with van der Waals surface area (Å²) in [5.41, 5.74) is 5.33. The van der Waals surface area contributed by atoms with E-state index < -0.39 is 0 Å². The van der Waals surface area contributed by atoms with Crippen LogP contribution in [0, 0.1) is 5.41 Å². The van der Waals surface area contributed by atoms with Gasteiger partial charge in [0.1, 0.15) is 0 Å². The molecule has 2 atom stereocenters. The van der Waals surface area contributed by atoms with Gasteiger partial charge in [-0.3, -0.25) is 10.3 Å². The predicted molar refractivity (Wildman–Crippen MR) is 68.7 cm³/mol. The second-order valence-electron chi connectivity index (χ2n) is 4.33. The summed E-state index contributed by atoms with van der Waals surface area (Å²) in [6.07, 6.45) is 2.98. The Labute approximate surface area is 97.3 Å². The summed E-state index contributed by atoms with van der Waals surface area (Å²) in [7, 11) is 0. The van der Waals surface area contributed by atoms with Crippen molar-refractivity contribution in [2.24, 2.45) is 5.73 Å². The lowest BCUT2D eigenvalue weighted by Crippen LogP contribution is -2.44. The zero-order valence-electron chi connectivity index (χ0n) is 9.83. The van der Waals surface area contributed by atoms with Crippen LogP contribution in [0.25, 0.3) is 0 Å². The quantitative estimate of drug-likeness (QED) is 0.430. The van der Waals surface area contributed by atoms with Gasteiger partial charge in [-0.15, -0.1) is 0 Å². The van der Waals surface area contributed by atoms with Crippen LogP contribution in [0.5, 0.6) is 0 Å². The molecular formula is C11H23N3S. The Morgan fingerprint density at radius 1 is 1.47 bits per heavy atom. The molecule has 1 heterocycles. The maximum Gasteiger partial charge on any atom is 0.0905 e. The molecule has 1 saturated heterocycles. The molecule has 0 aromatic carbocycles. The fourth-order valence-corrected chi connectivity index (χ4v) is 3.10. The van der Waals surface area contributed by atoms with Crippen LogP contribution >= 0.6 is 11.8 Å². The van der Waals surface area contributed by atoms with Gasteiger partial charge in [-0.1, -0.05) is 6.92 Å². The third kappa shape index (κ3) is 4.43. The van der Waals surface area contributed by atoms with Crippen molar-refractivity contribution < 1.29 is 0 Å². The highest BCUT2D eigenvalue weighted by molar-refractivity contribution is 8.00. The molecule has 1 aliphatic heterocycles. The molecule has 1 rings (SSSR count). The summed E-state index contributed by atoms with van der Waals surface area (Å²) in [6.45, 7) is 7.02. The van der Waals surface area contributed by atoms with Crippen LogP contribution in [0.3, 0.4) is 0 Å². The van der Waals surface area contributed by atoms with Crippen LogP contribution in [0.1, 0.15) is 33.1 Å².